The van der Waals surface area contributed by atoms with Crippen LogP contribution in [0.5, 0.6) is 0 Å². The van der Waals surface area contributed by atoms with Crippen molar-refractivity contribution < 1.29 is 26.1 Å². The summed E-state index contributed by atoms with van der Waals surface area (Å²) in [6, 6.07) is 0. The van der Waals surface area contributed by atoms with E-state index in [0.29, 0.717) is 32.5 Å². The van der Waals surface area contributed by atoms with Gasteiger partial charge in [0.1, 0.15) is 0 Å². The SMILES string of the molecule is CCc1[c]([Hg])[nH]c(=O)[nH]c1=O. The molecule has 2 N–H and O–H groups in total. The number of H-pyrrole nitrogens is 2. The molecule has 0 saturated heterocycles. The van der Waals surface area contributed by atoms with E-state index in [0.717, 1.165) is 8.77 Å². The van der Waals surface area contributed by atoms with Gasteiger partial charge in [-0.15, -0.1) is 0 Å². The minimum absolute atomic E-state index is 0.235. The first-order valence-corrected chi connectivity index (χ1v) is 6.07. The average molecular weight is 340 g/mol. The molecular formula is C6H7HgN2O2. The van der Waals surface area contributed by atoms with E-state index in [1.807, 2.05) is 6.92 Å². The van der Waals surface area contributed by atoms with Crippen molar-refractivity contribution in [2.45, 2.75) is 13.3 Å². The first kappa shape index (κ1) is 8.71. The molecule has 55 valence electrons. The van der Waals surface area contributed by atoms with Crippen molar-refractivity contribution in [2.75, 3.05) is 0 Å². The molecule has 0 amide bonds. The molecule has 1 rings (SSSR count). The standard InChI is InChI=1S/C6H7N2O2.Hg/c1-2-4-3-7-6(10)8-5(4)9;/h2H2,1H3,(H2,7,8,9,10);. The molecule has 4 nitrogen and oxygen atoms in total. The quantitative estimate of drug-likeness (QED) is 0.631. The van der Waals surface area contributed by atoms with Gasteiger partial charge in [-0.1, -0.05) is 0 Å². The summed E-state index contributed by atoms with van der Waals surface area (Å²) in [6.07, 6.45) is 0.685. The van der Waals surface area contributed by atoms with Crippen LogP contribution in [0, 0.1) is 0 Å². The van der Waals surface area contributed by atoms with E-state index in [1.165, 1.54) is 0 Å². The molecule has 0 aromatic carbocycles. The Labute approximate surface area is 79.0 Å². The number of aromatic nitrogens is 2. The summed E-state index contributed by atoms with van der Waals surface area (Å²) in [7, 11) is 0. The van der Waals surface area contributed by atoms with Gasteiger partial charge in [0.05, 0.1) is 0 Å². The number of hydrogen-bond acceptors (Lipinski definition) is 2. The van der Waals surface area contributed by atoms with Crippen LogP contribution in [-0.2, 0) is 32.5 Å². The maximum absolute atomic E-state index is 11.0. The third-order valence-corrected chi connectivity index (χ3v) is 3.83. The molecule has 0 atom stereocenters. The monoisotopic (exact) mass is 341 g/mol. The number of nitrogens with one attached hydrogen (secondary N) is 2. The summed E-state index contributed by atoms with van der Waals surface area (Å²) in [6.45, 7) is 1.90. The van der Waals surface area contributed by atoms with Gasteiger partial charge < -0.3 is 0 Å². The van der Waals surface area contributed by atoms with Crippen molar-refractivity contribution in [2.24, 2.45) is 0 Å². The molecule has 0 bridgehead atoms. The average Bonchev–Trinajstić information content (AvgIpc) is 1.85. The first-order valence-electron chi connectivity index (χ1n) is 3.32. The first-order chi connectivity index (χ1) is 5.15. The second-order valence-electron chi connectivity index (χ2n) is 2.22. The maximum atomic E-state index is 11.0. The Morgan fingerprint density at radius 1 is 1.36 bits per heavy atom. The van der Waals surface area contributed by atoms with Crippen LogP contribution in [0.2, 0.25) is 0 Å². The molecule has 1 heterocycles. The summed E-state index contributed by atoms with van der Waals surface area (Å²) in [5.41, 5.74) is 0.103. The van der Waals surface area contributed by atoms with Crippen LogP contribution in [0.3, 0.4) is 0 Å². The molecule has 0 radical (unpaired) electrons. The van der Waals surface area contributed by atoms with E-state index in [9.17, 15) is 9.59 Å². The van der Waals surface area contributed by atoms with Gasteiger partial charge in [0.2, 0.25) is 0 Å². The van der Waals surface area contributed by atoms with Crippen molar-refractivity contribution in [1.29, 1.82) is 0 Å². The fourth-order valence-electron chi connectivity index (χ4n) is 0.933. The van der Waals surface area contributed by atoms with Crippen molar-refractivity contribution in [3.8, 4) is 0 Å². The predicted molar refractivity (Wildman–Crippen MR) is 36.7 cm³/mol. The van der Waals surface area contributed by atoms with Crippen molar-refractivity contribution in [1.82, 2.24) is 9.97 Å². The number of aromatic amines is 2. The van der Waals surface area contributed by atoms with Gasteiger partial charge in [0.25, 0.3) is 0 Å². The summed E-state index contributed by atoms with van der Waals surface area (Å²) in [5.74, 6) is 0. The number of hydrogen-bond donors (Lipinski definition) is 2. The molecular weight excluding hydrogens is 333 g/mol. The minimum atomic E-state index is -0.391. The van der Waals surface area contributed by atoms with Gasteiger partial charge in [-0.2, -0.15) is 0 Å². The second-order valence-corrected chi connectivity index (χ2v) is 4.97. The zero-order valence-electron chi connectivity index (χ0n) is 6.23. The van der Waals surface area contributed by atoms with Crippen LogP contribution < -0.4 is 14.5 Å². The zero-order valence-corrected chi connectivity index (χ0v) is 11.7. The molecule has 0 unspecified atom stereocenters. The molecule has 0 aliphatic heterocycles. The van der Waals surface area contributed by atoms with Gasteiger partial charge in [-0.25, -0.2) is 0 Å². The van der Waals surface area contributed by atoms with Crippen LogP contribution in [0.25, 0.3) is 0 Å². The third-order valence-electron chi connectivity index (χ3n) is 1.48. The van der Waals surface area contributed by atoms with Crippen molar-refractivity contribution >= 4 is 3.20 Å². The second kappa shape index (κ2) is 3.34. The van der Waals surface area contributed by atoms with Gasteiger partial charge in [-0.05, 0) is 0 Å². The van der Waals surface area contributed by atoms with Crippen molar-refractivity contribution in [3.63, 3.8) is 0 Å². The molecule has 0 saturated carbocycles. The molecule has 0 spiro atoms. The van der Waals surface area contributed by atoms with E-state index >= 15 is 0 Å². The number of rotatable bonds is 1. The van der Waals surface area contributed by atoms with E-state index in [1.54, 1.807) is 0 Å². The van der Waals surface area contributed by atoms with E-state index in [4.69, 9.17) is 0 Å². The van der Waals surface area contributed by atoms with Crippen LogP contribution >= 0.6 is 0 Å². The van der Waals surface area contributed by atoms with Gasteiger partial charge in [-0.3, -0.25) is 0 Å². The molecule has 0 aliphatic rings. The van der Waals surface area contributed by atoms with Crippen LogP contribution in [0.15, 0.2) is 9.59 Å². The van der Waals surface area contributed by atoms with E-state index in [2.05, 4.69) is 9.97 Å². The van der Waals surface area contributed by atoms with Gasteiger partial charge in [0, 0.05) is 0 Å². The third kappa shape index (κ3) is 1.80. The Bertz CT molecular complexity index is 366. The summed E-state index contributed by atoms with van der Waals surface area (Å²) in [5, 5.41) is 0. The molecule has 0 aliphatic carbocycles. The van der Waals surface area contributed by atoms with E-state index in [-0.39, 0.29) is 5.56 Å². The zero-order chi connectivity index (χ0) is 8.43. The van der Waals surface area contributed by atoms with Crippen molar-refractivity contribution in [3.05, 3.63) is 26.4 Å². The molecule has 0 fully saturated rings. The molecule has 5 heteroatoms. The Morgan fingerprint density at radius 2 is 2.00 bits per heavy atom. The molecule has 1 aromatic heterocycles. The van der Waals surface area contributed by atoms with E-state index < -0.39 is 5.69 Å². The topological polar surface area (TPSA) is 65.7 Å². The van der Waals surface area contributed by atoms with Crippen LogP contribution in [-0.4, -0.2) is 9.97 Å². The Hall–Kier alpha value is -0.385. The van der Waals surface area contributed by atoms with Gasteiger partial charge >= 0.3 is 79.0 Å². The fraction of sp³-hybridized carbons (Fsp3) is 0.333. The van der Waals surface area contributed by atoms with Crippen LogP contribution in [0.4, 0.5) is 0 Å². The Balaban J connectivity index is 3.49. The van der Waals surface area contributed by atoms with Crippen LogP contribution in [0.1, 0.15) is 12.5 Å². The summed E-state index contributed by atoms with van der Waals surface area (Å²) < 4.78 is 0.848. The predicted octanol–water partition coefficient (Wildman–Crippen LogP) is -1.20. The summed E-state index contributed by atoms with van der Waals surface area (Å²) in [4.78, 5) is 26.5. The Kier molecular flexibility index (Phi) is 2.65. The summed E-state index contributed by atoms with van der Waals surface area (Å²) >= 11 is 0.302. The fourth-order valence-corrected chi connectivity index (χ4v) is 3.15. The molecule has 1 aromatic rings. The molecule has 11 heavy (non-hydrogen) atoms. The normalized spacial score (nSPS) is 10.1. The van der Waals surface area contributed by atoms with Gasteiger partial charge in [0.15, 0.2) is 0 Å². The Morgan fingerprint density at radius 3 is 2.45 bits per heavy atom.